The third kappa shape index (κ3) is 8.75. The zero-order valence-electron chi connectivity index (χ0n) is 23.8. The number of carbonyl (C=O) groups excluding carboxylic acids is 2. The molecule has 1 aliphatic carbocycles. The van der Waals surface area contributed by atoms with Gasteiger partial charge in [0.25, 0.3) is 0 Å². The van der Waals surface area contributed by atoms with E-state index in [1.165, 1.54) is 17.8 Å². The highest BCUT2D eigenvalue weighted by molar-refractivity contribution is 7.89. The van der Waals surface area contributed by atoms with Crippen LogP contribution in [0.15, 0.2) is 95.9 Å². The number of sulfonamides is 1. The lowest BCUT2D eigenvalue weighted by atomic mass is 9.94. The summed E-state index contributed by atoms with van der Waals surface area (Å²) in [6.45, 7) is 0.493. The molecule has 0 bridgehead atoms. The lowest BCUT2D eigenvalue weighted by Crippen LogP contribution is -2.52. The number of nitrogens with zero attached hydrogens (tertiary/aromatic N) is 2. The molecule has 0 radical (unpaired) electrons. The van der Waals surface area contributed by atoms with Crippen LogP contribution in [0, 0.1) is 0 Å². The molecule has 1 atom stereocenters. The highest BCUT2D eigenvalue weighted by atomic mass is 32.2. The van der Waals surface area contributed by atoms with E-state index in [1.807, 2.05) is 60.7 Å². The van der Waals surface area contributed by atoms with E-state index in [-0.39, 0.29) is 35.7 Å². The van der Waals surface area contributed by atoms with Gasteiger partial charge >= 0.3 is 0 Å². The second-order valence-corrected chi connectivity index (χ2v) is 12.8. The second-order valence-electron chi connectivity index (χ2n) is 10.8. The van der Waals surface area contributed by atoms with Crippen molar-refractivity contribution in [3.8, 4) is 0 Å². The van der Waals surface area contributed by atoms with Crippen molar-refractivity contribution >= 4 is 21.8 Å². The fraction of sp³-hybridized carbons (Fsp3) is 0.394. The Hall–Kier alpha value is -3.49. The SMILES string of the molecule is CN(CCCC(=O)N(Cc1ccccc1)[C@@H](Cc1ccccc1)C(=O)NC1CCCCC1)S(=O)(=O)c1ccccc1. The van der Waals surface area contributed by atoms with Crippen LogP contribution in [-0.4, -0.2) is 55.1 Å². The lowest BCUT2D eigenvalue weighted by Gasteiger charge is -2.33. The average molecular weight is 576 g/mol. The summed E-state index contributed by atoms with van der Waals surface area (Å²) >= 11 is 0. The van der Waals surface area contributed by atoms with Crippen molar-refractivity contribution in [3.63, 3.8) is 0 Å². The topological polar surface area (TPSA) is 86.8 Å². The van der Waals surface area contributed by atoms with Crippen LogP contribution in [0.5, 0.6) is 0 Å². The number of benzene rings is 3. The Bertz CT molecular complexity index is 1340. The maximum absolute atomic E-state index is 13.9. The van der Waals surface area contributed by atoms with Crippen LogP contribution in [0.25, 0.3) is 0 Å². The van der Waals surface area contributed by atoms with Gasteiger partial charge in [-0.05, 0) is 42.5 Å². The molecule has 3 aromatic rings. The maximum atomic E-state index is 13.9. The summed E-state index contributed by atoms with van der Waals surface area (Å²) in [5, 5.41) is 3.25. The Morgan fingerprint density at radius 1 is 0.829 bits per heavy atom. The van der Waals surface area contributed by atoms with Crippen LogP contribution in [0.3, 0.4) is 0 Å². The van der Waals surface area contributed by atoms with Crippen LogP contribution >= 0.6 is 0 Å². The fourth-order valence-corrected chi connectivity index (χ4v) is 6.60. The van der Waals surface area contributed by atoms with Crippen molar-refractivity contribution < 1.29 is 18.0 Å². The zero-order valence-corrected chi connectivity index (χ0v) is 24.6. The van der Waals surface area contributed by atoms with Crippen molar-refractivity contribution in [1.82, 2.24) is 14.5 Å². The minimum atomic E-state index is -3.65. The van der Waals surface area contributed by atoms with Crippen molar-refractivity contribution in [1.29, 1.82) is 0 Å². The summed E-state index contributed by atoms with van der Waals surface area (Å²) in [6.07, 6.45) is 6.17. The molecule has 3 aromatic carbocycles. The molecule has 0 unspecified atom stereocenters. The Morgan fingerprint density at radius 2 is 1.39 bits per heavy atom. The molecule has 1 N–H and O–H groups in total. The molecule has 7 nitrogen and oxygen atoms in total. The molecule has 0 heterocycles. The first-order valence-electron chi connectivity index (χ1n) is 14.5. The van der Waals surface area contributed by atoms with Gasteiger partial charge in [0.05, 0.1) is 4.90 Å². The first-order chi connectivity index (χ1) is 19.8. The number of nitrogens with one attached hydrogen (secondary N) is 1. The summed E-state index contributed by atoms with van der Waals surface area (Å²) in [5.41, 5.74) is 1.92. The van der Waals surface area contributed by atoms with E-state index in [1.54, 1.807) is 35.2 Å². The van der Waals surface area contributed by atoms with E-state index in [0.717, 1.165) is 36.8 Å². The van der Waals surface area contributed by atoms with Crippen LogP contribution < -0.4 is 5.32 Å². The molecule has 1 saturated carbocycles. The number of amides is 2. The van der Waals surface area contributed by atoms with Crippen molar-refractivity contribution in [2.45, 2.75) is 74.9 Å². The molecule has 0 aliphatic heterocycles. The molecule has 4 rings (SSSR count). The molecule has 0 spiro atoms. The number of hydrogen-bond donors (Lipinski definition) is 1. The van der Waals surface area contributed by atoms with Gasteiger partial charge in [0.2, 0.25) is 21.8 Å². The van der Waals surface area contributed by atoms with Crippen LogP contribution in [0.2, 0.25) is 0 Å². The van der Waals surface area contributed by atoms with Gasteiger partial charge < -0.3 is 10.2 Å². The standard InChI is InChI=1S/C33H41N3O4S/c1-35(41(39,40)30-21-12-5-13-22-30)24-14-23-32(37)36(26-28-17-8-3-9-18-28)31(25-27-15-6-2-7-16-27)33(38)34-29-19-10-4-11-20-29/h2-3,5-9,12-13,15-18,21-22,29,31H,4,10-11,14,19-20,23-26H2,1H3,(H,34,38)/t31-/m0/s1. The number of hydrogen-bond acceptors (Lipinski definition) is 4. The zero-order chi connectivity index (χ0) is 29.1. The third-order valence-corrected chi connectivity index (χ3v) is 9.60. The van der Waals surface area contributed by atoms with E-state index in [4.69, 9.17) is 0 Å². The Labute approximate surface area is 244 Å². The molecular weight excluding hydrogens is 534 g/mol. The van der Waals surface area contributed by atoms with Gasteiger partial charge in [-0.1, -0.05) is 98.1 Å². The van der Waals surface area contributed by atoms with Crippen LogP contribution in [0.1, 0.15) is 56.1 Å². The Balaban J connectivity index is 1.52. The molecule has 2 amide bonds. The van der Waals surface area contributed by atoms with Crippen LogP contribution in [0.4, 0.5) is 0 Å². The molecular formula is C33H41N3O4S. The van der Waals surface area contributed by atoms with E-state index < -0.39 is 16.1 Å². The number of carbonyl (C=O) groups is 2. The molecule has 8 heteroatoms. The van der Waals surface area contributed by atoms with E-state index in [9.17, 15) is 18.0 Å². The Morgan fingerprint density at radius 3 is 2.00 bits per heavy atom. The largest absolute Gasteiger partial charge is 0.352 e. The first-order valence-corrected chi connectivity index (χ1v) is 16.0. The molecule has 0 aromatic heterocycles. The van der Waals surface area contributed by atoms with Crippen molar-refractivity contribution in [3.05, 3.63) is 102 Å². The highest BCUT2D eigenvalue weighted by Crippen LogP contribution is 2.21. The van der Waals surface area contributed by atoms with Crippen LogP contribution in [-0.2, 0) is 32.6 Å². The van der Waals surface area contributed by atoms with Gasteiger partial charge in [0.1, 0.15) is 6.04 Å². The summed E-state index contributed by atoms with van der Waals surface area (Å²) in [5.74, 6) is -0.298. The normalized spacial score (nSPS) is 14.9. The van der Waals surface area contributed by atoms with Crippen molar-refractivity contribution in [2.24, 2.45) is 0 Å². The predicted molar refractivity (Wildman–Crippen MR) is 161 cm³/mol. The van der Waals surface area contributed by atoms with Gasteiger partial charge in [-0.3, -0.25) is 9.59 Å². The van der Waals surface area contributed by atoms with Gasteiger partial charge in [-0.25, -0.2) is 12.7 Å². The van der Waals surface area contributed by atoms with Gasteiger partial charge in [-0.2, -0.15) is 0 Å². The quantitative estimate of drug-likeness (QED) is 0.305. The lowest BCUT2D eigenvalue weighted by molar-refractivity contribution is -0.141. The molecule has 1 aliphatic rings. The molecule has 1 fully saturated rings. The minimum Gasteiger partial charge on any atom is -0.352 e. The second kappa shape index (κ2) is 14.9. The third-order valence-electron chi connectivity index (χ3n) is 7.73. The van der Waals surface area contributed by atoms with E-state index >= 15 is 0 Å². The fourth-order valence-electron chi connectivity index (χ4n) is 5.37. The summed E-state index contributed by atoms with van der Waals surface area (Å²) in [6, 6.07) is 27.2. The summed E-state index contributed by atoms with van der Waals surface area (Å²) < 4.78 is 27.2. The first kappa shape index (κ1) is 30.5. The smallest absolute Gasteiger partial charge is 0.243 e. The van der Waals surface area contributed by atoms with Gasteiger partial charge in [0, 0.05) is 39.0 Å². The van der Waals surface area contributed by atoms with Crippen molar-refractivity contribution in [2.75, 3.05) is 13.6 Å². The average Bonchev–Trinajstić information content (AvgIpc) is 3.00. The summed E-state index contributed by atoms with van der Waals surface area (Å²) in [4.78, 5) is 29.6. The minimum absolute atomic E-state index is 0.125. The molecule has 218 valence electrons. The molecule has 41 heavy (non-hydrogen) atoms. The summed E-state index contributed by atoms with van der Waals surface area (Å²) in [7, 11) is -2.12. The number of rotatable bonds is 13. The van der Waals surface area contributed by atoms with E-state index in [0.29, 0.717) is 19.4 Å². The Kier molecular flexibility index (Phi) is 11.1. The van der Waals surface area contributed by atoms with E-state index in [2.05, 4.69) is 5.32 Å². The van der Waals surface area contributed by atoms with Gasteiger partial charge in [0.15, 0.2) is 0 Å². The molecule has 0 saturated heterocycles. The highest BCUT2D eigenvalue weighted by Gasteiger charge is 2.32. The predicted octanol–water partition coefficient (Wildman–Crippen LogP) is 5.18. The van der Waals surface area contributed by atoms with Gasteiger partial charge in [-0.15, -0.1) is 0 Å². The monoisotopic (exact) mass is 575 g/mol. The maximum Gasteiger partial charge on any atom is 0.243 e.